The summed E-state index contributed by atoms with van der Waals surface area (Å²) < 4.78 is 10.8. The maximum Gasteiger partial charge on any atom is 0.313 e. The molecule has 0 aromatic rings. The van der Waals surface area contributed by atoms with E-state index in [9.17, 15) is 9.59 Å². The van der Waals surface area contributed by atoms with Crippen LogP contribution in [0.5, 0.6) is 0 Å². The monoisotopic (exact) mass is 581 g/mol. The third kappa shape index (κ3) is 29.0. The number of hydrogen-bond acceptors (Lipinski definition) is 4. The zero-order valence-corrected chi connectivity index (χ0v) is 28.3. The van der Waals surface area contributed by atoms with Gasteiger partial charge >= 0.3 is 11.9 Å². The molecule has 0 aliphatic rings. The molecule has 0 spiro atoms. The molecule has 4 nitrogen and oxygen atoms in total. The van der Waals surface area contributed by atoms with Crippen LogP contribution in [-0.2, 0) is 19.1 Å². The van der Waals surface area contributed by atoms with Crippen LogP contribution in [0.2, 0.25) is 0 Å². The first-order chi connectivity index (χ1) is 20.1. The summed E-state index contributed by atoms with van der Waals surface area (Å²) in [6, 6.07) is 0. The number of unbranched alkanes of at least 4 members (excludes halogenated alkanes) is 19. The fourth-order valence-corrected chi connectivity index (χ4v) is 5.89. The Hall–Kier alpha value is -0.900. The van der Waals surface area contributed by atoms with Gasteiger partial charge < -0.3 is 9.47 Å². The van der Waals surface area contributed by atoms with Crippen LogP contribution >= 0.6 is 0 Å². The van der Waals surface area contributed by atoms with E-state index in [1.807, 2.05) is 7.11 Å². The van der Waals surface area contributed by atoms with Crippen LogP contribution in [0.25, 0.3) is 0 Å². The van der Waals surface area contributed by atoms with Crippen LogP contribution in [0, 0.1) is 5.92 Å². The van der Waals surface area contributed by atoms with E-state index >= 15 is 0 Å². The molecule has 4 heteroatoms. The predicted molar refractivity (Wildman–Crippen MR) is 176 cm³/mol. The molecular formula is C37H72O4. The topological polar surface area (TPSA) is 52.6 Å². The summed E-state index contributed by atoms with van der Waals surface area (Å²) in [6.07, 6.45) is 34.9. The molecule has 0 bridgehead atoms. The van der Waals surface area contributed by atoms with E-state index in [2.05, 4.69) is 20.8 Å². The van der Waals surface area contributed by atoms with Crippen molar-refractivity contribution in [2.75, 3.05) is 7.11 Å². The minimum Gasteiger partial charge on any atom is -0.393 e. The lowest BCUT2D eigenvalue weighted by molar-refractivity contribution is -0.159. The van der Waals surface area contributed by atoms with Gasteiger partial charge in [-0.3, -0.25) is 9.59 Å². The number of hydrogen-bond donors (Lipinski definition) is 0. The van der Waals surface area contributed by atoms with Gasteiger partial charge in [0.25, 0.3) is 0 Å². The number of methoxy groups -OCH3 is 1. The Kier molecular flexibility index (Phi) is 31.3. The Bertz CT molecular complexity index is 561. The zero-order valence-electron chi connectivity index (χ0n) is 28.3. The number of carbonyl (C=O) groups excluding carboxylic acids is 2. The molecule has 0 aliphatic carbocycles. The zero-order chi connectivity index (χ0) is 30.2. The molecule has 0 radical (unpaired) electrons. The third-order valence-corrected chi connectivity index (χ3v) is 8.89. The standard InChI is InChI=1S/C37H72O4/c1-5-8-10-11-12-13-14-15-16-17-18-19-20-23-26-30-36(38)41-37(39)31-27-24-21-22-25-29-35(40-4)33-32-34(7-3)28-9-6-2/h34-35H,5-33H2,1-4H3. The molecule has 2 unspecified atom stereocenters. The Morgan fingerprint density at radius 3 is 1.29 bits per heavy atom. The lowest BCUT2D eigenvalue weighted by Crippen LogP contribution is -2.13. The quantitative estimate of drug-likeness (QED) is 0.0451. The molecule has 0 saturated heterocycles. The van der Waals surface area contributed by atoms with E-state index in [1.54, 1.807) is 0 Å². The molecule has 0 N–H and O–H groups in total. The molecule has 0 fully saturated rings. The Morgan fingerprint density at radius 2 is 0.878 bits per heavy atom. The molecule has 0 saturated carbocycles. The van der Waals surface area contributed by atoms with Crippen LogP contribution in [0.4, 0.5) is 0 Å². The van der Waals surface area contributed by atoms with Crippen molar-refractivity contribution < 1.29 is 19.1 Å². The summed E-state index contributed by atoms with van der Waals surface area (Å²) in [5.74, 6) is 0.169. The van der Waals surface area contributed by atoms with Crippen molar-refractivity contribution in [3.8, 4) is 0 Å². The summed E-state index contributed by atoms with van der Waals surface area (Å²) >= 11 is 0. The van der Waals surface area contributed by atoms with Gasteiger partial charge in [-0.1, -0.05) is 162 Å². The van der Waals surface area contributed by atoms with E-state index in [-0.39, 0.29) is 11.9 Å². The Morgan fingerprint density at radius 1 is 0.463 bits per heavy atom. The lowest BCUT2D eigenvalue weighted by atomic mass is 9.92. The van der Waals surface area contributed by atoms with Crippen molar-refractivity contribution in [2.24, 2.45) is 5.92 Å². The predicted octanol–water partition coefficient (Wildman–Crippen LogP) is 12.1. The van der Waals surface area contributed by atoms with Crippen molar-refractivity contribution in [1.82, 2.24) is 0 Å². The highest BCUT2D eigenvalue weighted by molar-refractivity contribution is 5.85. The van der Waals surface area contributed by atoms with Gasteiger partial charge in [0, 0.05) is 20.0 Å². The van der Waals surface area contributed by atoms with E-state index in [0.717, 1.165) is 44.4 Å². The largest absolute Gasteiger partial charge is 0.393 e. The van der Waals surface area contributed by atoms with Gasteiger partial charge in [-0.25, -0.2) is 0 Å². The Labute approximate surface area is 256 Å². The fraction of sp³-hybridized carbons (Fsp3) is 0.946. The highest BCUT2D eigenvalue weighted by Crippen LogP contribution is 2.22. The van der Waals surface area contributed by atoms with E-state index in [0.29, 0.717) is 18.9 Å². The second kappa shape index (κ2) is 32.0. The summed E-state index contributed by atoms with van der Waals surface area (Å²) in [7, 11) is 1.85. The average molecular weight is 581 g/mol. The van der Waals surface area contributed by atoms with Crippen molar-refractivity contribution in [3.63, 3.8) is 0 Å². The molecule has 0 aromatic heterocycles. The normalized spacial score (nSPS) is 12.9. The smallest absolute Gasteiger partial charge is 0.313 e. The first kappa shape index (κ1) is 40.1. The van der Waals surface area contributed by atoms with Gasteiger partial charge in [0.05, 0.1) is 6.10 Å². The molecule has 0 heterocycles. The molecule has 0 rings (SSSR count). The first-order valence-electron chi connectivity index (χ1n) is 18.3. The third-order valence-electron chi connectivity index (χ3n) is 8.89. The molecule has 2 atom stereocenters. The number of esters is 2. The average Bonchev–Trinajstić information content (AvgIpc) is 2.97. The molecule has 0 amide bonds. The number of ether oxygens (including phenoxy) is 2. The second-order valence-electron chi connectivity index (χ2n) is 12.7. The van der Waals surface area contributed by atoms with Crippen molar-refractivity contribution in [3.05, 3.63) is 0 Å². The van der Waals surface area contributed by atoms with E-state index in [4.69, 9.17) is 9.47 Å². The van der Waals surface area contributed by atoms with E-state index < -0.39 is 0 Å². The van der Waals surface area contributed by atoms with Crippen molar-refractivity contribution in [1.29, 1.82) is 0 Å². The summed E-state index contributed by atoms with van der Waals surface area (Å²) in [5, 5.41) is 0. The van der Waals surface area contributed by atoms with Crippen molar-refractivity contribution >= 4 is 11.9 Å². The van der Waals surface area contributed by atoms with Crippen LogP contribution in [0.1, 0.15) is 207 Å². The summed E-state index contributed by atoms with van der Waals surface area (Å²) in [6.45, 7) is 6.86. The van der Waals surface area contributed by atoms with Gasteiger partial charge in [-0.2, -0.15) is 0 Å². The van der Waals surface area contributed by atoms with Gasteiger partial charge in [0.15, 0.2) is 0 Å². The van der Waals surface area contributed by atoms with Gasteiger partial charge in [-0.15, -0.1) is 0 Å². The highest BCUT2D eigenvalue weighted by atomic mass is 16.6. The van der Waals surface area contributed by atoms with Crippen LogP contribution in [0.3, 0.4) is 0 Å². The molecule has 244 valence electrons. The minimum absolute atomic E-state index is 0.338. The second-order valence-corrected chi connectivity index (χ2v) is 12.7. The summed E-state index contributed by atoms with van der Waals surface area (Å²) in [4.78, 5) is 24.0. The SMILES string of the molecule is CCCCCCCCCCCCCCCCCC(=O)OC(=O)CCCCCCCC(CCC(CC)CCCC)OC. The molecule has 0 aromatic carbocycles. The maximum atomic E-state index is 12.0. The van der Waals surface area contributed by atoms with Gasteiger partial charge in [-0.05, 0) is 38.0 Å². The Balaban J connectivity index is 3.52. The number of rotatable bonds is 32. The minimum atomic E-state index is -0.344. The molecule has 0 aliphatic heterocycles. The van der Waals surface area contributed by atoms with Crippen LogP contribution in [0.15, 0.2) is 0 Å². The number of carbonyl (C=O) groups is 2. The fourth-order valence-electron chi connectivity index (χ4n) is 5.89. The van der Waals surface area contributed by atoms with Crippen LogP contribution < -0.4 is 0 Å². The van der Waals surface area contributed by atoms with Gasteiger partial charge in [0.1, 0.15) is 0 Å². The van der Waals surface area contributed by atoms with Crippen LogP contribution in [-0.4, -0.2) is 25.2 Å². The van der Waals surface area contributed by atoms with E-state index in [1.165, 1.54) is 135 Å². The van der Waals surface area contributed by atoms with Crippen molar-refractivity contribution in [2.45, 2.75) is 213 Å². The lowest BCUT2D eigenvalue weighted by Gasteiger charge is -2.19. The molecular weight excluding hydrogens is 508 g/mol. The maximum absolute atomic E-state index is 12.0. The highest BCUT2D eigenvalue weighted by Gasteiger charge is 2.13. The summed E-state index contributed by atoms with van der Waals surface area (Å²) in [5.41, 5.74) is 0. The molecule has 41 heavy (non-hydrogen) atoms. The van der Waals surface area contributed by atoms with Gasteiger partial charge in [0.2, 0.25) is 0 Å². The first-order valence-corrected chi connectivity index (χ1v) is 18.3.